The molecule has 0 aliphatic carbocycles. The monoisotopic (exact) mass is 453 g/mol. The molecule has 0 fully saturated rings. The van der Waals surface area contributed by atoms with Crippen LogP contribution in [0.3, 0.4) is 0 Å². The summed E-state index contributed by atoms with van der Waals surface area (Å²) in [6.07, 6.45) is 9.00. The Balaban J connectivity index is 2.99. The molecule has 1 rings (SSSR count). The summed E-state index contributed by atoms with van der Waals surface area (Å²) in [5, 5.41) is 0. The van der Waals surface area contributed by atoms with Crippen LogP contribution in [0, 0.1) is 5.41 Å². The highest BCUT2D eigenvalue weighted by Gasteiger charge is 2.28. The number of ether oxygens (including phenoxy) is 1. The summed E-state index contributed by atoms with van der Waals surface area (Å²) in [6.45, 7) is 16.5. The van der Waals surface area contributed by atoms with Crippen LogP contribution in [0.4, 0.5) is 0 Å². The molecule has 1 aromatic rings. The maximum absolute atomic E-state index is 12.6. The number of nitrogens with one attached hydrogen (secondary N) is 1. The molecule has 0 saturated carbocycles. The van der Waals surface area contributed by atoms with E-state index in [1.54, 1.807) is 0 Å². The molecule has 0 aliphatic rings. The van der Waals surface area contributed by atoms with E-state index in [1.807, 2.05) is 19.1 Å². The second-order valence-electron chi connectivity index (χ2n) is 10.7. The third-order valence-electron chi connectivity index (χ3n) is 5.49. The minimum Gasteiger partial charge on any atom is -0.493 e. The molecule has 180 valence electrons. The lowest BCUT2D eigenvalue weighted by molar-refractivity contribution is 0.282. The van der Waals surface area contributed by atoms with Crippen molar-refractivity contribution in [3.8, 4) is 5.75 Å². The second-order valence-corrected chi connectivity index (χ2v) is 12.5. The number of hydrogen-bond acceptors (Lipinski definition) is 3. The second kappa shape index (κ2) is 12.8. The fourth-order valence-electron chi connectivity index (χ4n) is 4.26. The van der Waals surface area contributed by atoms with Gasteiger partial charge in [-0.25, -0.2) is 13.1 Å². The maximum Gasteiger partial charge on any atom is 0.215 e. The van der Waals surface area contributed by atoms with Gasteiger partial charge in [0.1, 0.15) is 5.75 Å². The van der Waals surface area contributed by atoms with Gasteiger partial charge in [-0.05, 0) is 41.7 Å². The van der Waals surface area contributed by atoms with Gasteiger partial charge in [0.15, 0.2) is 0 Å². The van der Waals surface area contributed by atoms with Crippen molar-refractivity contribution >= 4 is 10.0 Å². The molecule has 0 saturated heterocycles. The number of hydrogen-bond donors (Lipinski definition) is 1. The first kappa shape index (κ1) is 28.0. The molecular weight excluding hydrogens is 406 g/mol. The van der Waals surface area contributed by atoms with Crippen LogP contribution in [-0.2, 0) is 21.2 Å². The van der Waals surface area contributed by atoms with E-state index in [1.165, 1.54) is 25.7 Å². The van der Waals surface area contributed by atoms with E-state index in [-0.39, 0.29) is 16.6 Å². The normalized spacial score (nSPS) is 12.9. The van der Waals surface area contributed by atoms with Crippen LogP contribution >= 0.6 is 0 Å². The number of rotatable bonds is 15. The quantitative estimate of drug-likeness (QED) is 0.292. The van der Waals surface area contributed by atoms with Crippen molar-refractivity contribution < 1.29 is 13.2 Å². The van der Waals surface area contributed by atoms with Gasteiger partial charge in [0.2, 0.25) is 10.0 Å². The Morgan fingerprint density at radius 3 is 2.16 bits per heavy atom. The van der Waals surface area contributed by atoms with Crippen LogP contribution in [0.15, 0.2) is 18.2 Å². The van der Waals surface area contributed by atoms with Crippen molar-refractivity contribution in [2.45, 2.75) is 111 Å². The molecule has 0 amide bonds. The van der Waals surface area contributed by atoms with Crippen LogP contribution in [0.1, 0.15) is 111 Å². The van der Waals surface area contributed by atoms with Crippen LogP contribution in [0.5, 0.6) is 5.75 Å². The standard InChI is InChI=1S/C26H47NO3S/c1-8-10-11-12-13-14-18-30-24-16-15-23(26(6,7)21-25(3,4)5)19-22(24)20-31(28,29)27-17-9-2/h15-16,19,27H,8-14,17-18,20-21H2,1-7H3. The van der Waals surface area contributed by atoms with E-state index < -0.39 is 10.0 Å². The summed E-state index contributed by atoms with van der Waals surface area (Å²) in [4.78, 5) is 0. The van der Waals surface area contributed by atoms with Crippen molar-refractivity contribution in [3.05, 3.63) is 29.3 Å². The molecule has 1 aromatic carbocycles. The highest BCUT2D eigenvalue weighted by molar-refractivity contribution is 7.88. The van der Waals surface area contributed by atoms with Gasteiger partial charge in [-0.3, -0.25) is 0 Å². The molecule has 0 unspecified atom stereocenters. The van der Waals surface area contributed by atoms with E-state index in [2.05, 4.69) is 52.3 Å². The topological polar surface area (TPSA) is 55.4 Å². The van der Waals surface area contributed by atoms with Gasteiger partial charge >= 0.3 is 0 Å². The van der Waals surface area contributed by atoms with Crippen molar-refractivity contribution in [2.24, 2.45) is 5.41 Å². The predicted octanol–water partition coefficient (Wildman–Crippen LogP) is 6.97. The fraction of sp³-hybridized carbons (Fsp3) is 0.769. The molecule has 1 N–H and O–H groups in total. The van der Waals surface area contributed by atoms with Crippen molar-refractivity contribution in [1.82, 2.24) is 4.72 Å². The summed E-state index contributed by atoms with van der Waals surface area (Å²) in [5.74, 6) is 0.656. The van der Waals surface area contributed by atoms with E-state index >= 15 is 0 Å². The van der Waals surface area contributed by atoms with Gasteiger partial charge in [-0.15, -0.1) is 0 Å². The van der Waals surface area contributed by atoms with Gasteiger partial charge in [0.05, 0.1) is 12.4 Å². The smallest absolute Gasteiger partial charge is 0.215 e. The number of unbranched alkanes of at least 4 members (excludes halogenated alkanes) is 5. The van der Waals surface area contributed by atoms with Crippen LogP contribution in [-0.4, -0.2) is 21.6 Å². The zero-order valence-electron chi connectivity index (χ0n) is 21.1. The van der Waals surface area contributed by atoms with Gasteiger partial charge in [-0.1, -0.05) is 92.7 Å². The molecule has 4 nitrogen and oxygen atoms in total. The first-order chi connectivity index (χ1) is 14.4. The fourth-order valence-corrected chi connectivity index (χ4v) is 5.51. The minimum atomic E-state index is -3.39. The molecule has 0 radical (unpaired) electrons. The molecular formula is C26H47NO3S. The Bertz CT molecular complexity index is 748. The van der Waals surface area contributed by atoms with Crippen LogP contribution in [0.2, 0.25) is 0 Å². The largest absolute Gasteiger partial charge is 0.493 e. The van der Waals surface area contributed by atoms with Crippen LogP contribution in [0.25, 0.3) is 0 Å². The Morgan fingerprint density at radius 2 is 1.55 bits per heavy atom. The number of sulfonamides is 1. The first-order valence-electron chi connectivity index (χ1n) is 12.1. The van der Waals surface area contributed by atoms with Crippen molar-refractivity contribution in [2.75, 3.05) is 13.2 Å². The summed E-state index contributed by atoms with van der Waals surface area (Å²) >= 11 is 0. The Hall–Kier alpha value is -1.07. The summed E-state index contributed by atoms with van der Waals surface area (Å²) in [7, 11) is -3.39. The van der Waals surface area contributed by atoms with Gasteiger partial charge in [0, 0.05) is 12.1 Å². The SMILES string of the molecule is CCCCCCCCOc1ccc(C(C)(C)CC(C)(C)C)cc1CS(=O)(=O)NCCC. The van der Waals surface area contributed by atoms with E-state index in [0.29, 0.717) is 18.9 Å². The van der Waals surface area contributed by atoms with Crippen LogP contribution < -0.4 is 9.46 Å². The Labute approximate surface area is 192 Å². The molecule has 31 heavy (non-hydrogen) atoms. The lowest BCUT2D eigenvalue weighted by Crippen LogP contribution is -2.27. The van der Waals surface area contributed by atoms with Crippen molar-refractivity contribution in [3.63, 3.8) is 0 Å². The molecule has 5 heteroatoms. The summed E-state index contributed by atoms with van der Waals surface area (Å²) in [5.41, 5.74) is 2.06. The van der Waals surface area contributed by atoms with Crippen molar-refractivity contribution in [1.29, 1.82) is 0 Å². The maximum atomic E-state index is 12.6. The molecule has 0 atom stereocenters. The Kier molecular flexibility index (Phi) is 11.6. The van der Waals surface area contributed by atoms with Gasteiger partial charge in [0.25, 0.3) is 0 Å². The molecule has 0 spiro atoms. The molecule has 0 aromatic heterocycles. The van der Waals surface area contributed by atoms with Gasteiger partial charge in [-0.2, -0.15) is 0 Å². The van der Waals surface area contributed by atoms with E-state index in [9.17, 15) is 8.42 Å². The number of benzene rings is 1. The molecule has 0 heterocycles. The third-order valence-corrected chi connectivity index (χ3v) is 6.82. The Morgan fingerprint density at radius 1 is 0.903 bits per heavy atom. The lowest BCUT2D eigenvalue weighted by Gasteiger charge is -2.33. The highest BCUT2D eigenvalue weighted by Crippen LogP contribution is 2.38. The van der Waals surface area contributed by atoms with E-state index in [4.69, 9.17) is 4.74 Å². The predicted molar refractivity (Wildman–Crippen MR) is 133 cm³/mol. The first-order valence-corrected chi connectivity index (χ1v) is 13.8. The zero-order chi connectivity index (χ0) is 23.5. The average Bonchev–Trinajstić information content (AvgIpc) is 2.64. The molecule has 0 bridgehead atoms. The molecule has 0 aliphatic heterocycles. The van der Waals surface area contributed by atoms with Gasteiger partial charge < -0.3 is 4.74 Å². The van der Waals surface area contributed by atoms with E-state index in [0.717, 1.165) is 36.8 Å². The lowest BCUT2D eigenvalue weighted by atomic mass is 9.72. The summed E-state index contributed by atoms with van der Waals surface area (Å²) in [6, 6.07) is 6.13. The average molecular weight is 454 g/mol. The third kappa shape index (κ3) is 11.4. The zero-order valence-corrected chi connectivity index (χ0v) is 22.0. The summed E-state index contributed by atoms with van der Waals surface area (Å²) < 4.78 is 34.0. The highest BCUT2D eigenvalue weighted by atomic mass is 32.2. The minimum absolute atomic E-state index is 0.0434.